The molecule has 1 aromatic heterocycles. The molecule has 1 unspecified atom stereocenters. The van der Waals surface area contributed by atoms with Crippen LogP contribution in [0.4, 0.5) is 4.79 Å². The Hall–Kier alpha value is -1.56. The van der Waals surface area contributed by atoms with Crippen LogP contribution in [-0.4, -0.2) is 33.6 Å². The minimum Gasteiger partial charge on any atom is -0.444 e. The molecule has 1 aromatic rings. The van der Waals surface area contributed by atoms with E-state index in [-0.39, 0.29) is 11.6 Å². The quantitative estimate of drug-likeness (QED) is 0.809. The first-order chi connectivity index (χ1) is 10.6. The molecule has 1 heterocycles. The molecule has 0 bridgehead atoms. The van der Waals surface area contributed by atoms with Crippen LogP contribution in [0.5, 0.6) is 0 Å². The molecule has 23 heavy (non-hydrogen) atoms. The van der Waals surface area contributed by atoms with Crippen LogP contribution in [0.2, 0.25) is 0 Å². The fourth-order valence-corrected chi connectivity index (χ4v) is 2.02. The highest BCUT2D eigenvalue weighted by molar-refractivity contribution is 5.67. The average Bonchev–Trinajstić information content (AvgIpc) is 2.89. The number of carbonyl (C=O) groups is 1. The Morgan fingerprint density at radius 2 is 2.00 bits per heavy atom. The van der Waals surface area contributed by atoms with Gasteiger partial charge in [0.1, 0.15) is 5.60 Å². The van der Waals surface area contributed by atoms with Crippen molar-refractivity contribution in [2.24, 2.45) is 5.92 Å². The van der Waals surface area contributed by atoms with Gasteiger partial charge in [0.2, 0.25) is 0 Å². The number of amides is 1. The molecule has 1 atom stereocenters. The van der Waals surface area contributed by atoms with Crippen molar-refractivity contribution in [1.29, 1.82) is 0 Å². The van der Waals surface area contributed by atoms with E-state index < -0.39 is 5.60 Å². The molecule has 0 fully saturated rings. The van der Waals surface area contributed by atoms with Crippen molar-refractivity contribution < 1.29 is 9.53 Å². The molecule has 1 rings (SSSR count). The second kappa shape index (κ2) is 7.81. The second-order valence-electron chi connectivity index (χ2n) is 7.49. The summed E-state index contributed by atoms with van der Waals surface area (Å²) in [6, 6.07) is 0. The first-order valence-electron chi connectivity index (χ1n) is 8.29. The summed E-state index contributed by atoms with van der Waals surface area (Å²) in [7, 11) is 0. The fourth-order valence-electron chi connectivity index (χ4n) is 2.02. The van der Waals surface area contributed by atoms with Gasteiger partial charge in [0.05, 0.1) is 6.20 Å². The van der Waals surface area contributed by atoms with E-state index in [0.29, 0.717) is 19.0 Å². The number of hydrogen-bond donors (Lipinski definition) is 2. The minimum atomic E-state index is -0.486. The standard InChI is InChI=1S/C17H32N4O2/c1-8-21-11-14(10-20-21)9-19-17(7,13(2)3)12-18-15(22)23-16(4,5)6/h10-11,13,19H,8-9,12H2,1-7H3,(H,18,22). The van der Waals surface area contributed by atoms with E-state index in [2.05, 4.69) is 43.4 Å². The number of aryl methyl sites for hydroxylation is 1. The van der Waals surface area contributed by atoms with E-state index in [1.165, 1.54) is 0 Å². The van der Waals surface area contributed by atoms with Gasteiger partial charge < -0.3 is 15.4 Å². The Morgan fingerprint density at radius 1 is 1.35 bits per heavy atom. The lowest BCUT2D eigenvalue weighted by atomic mass is 9.88. The number of hydrogen-bond acceptors (Lipinski definition) is 4. The van der Waals surface area contributed by atoms with Crippen molar-refractivity contribution in [3.05, 3.63) is 18.0 Å². The number of carbonyl (C=O) groups excluding carboxylic acids is 1. The van der Waals surface area contributed by atoms with Crippen molar-refractivity contribution in [2.75, 3.05) is 6.54 Å². The molecule has 0 aliphatic heterocycles. The molecule has 1 amide bonds. The predicted molar refractivity (Wildman–Crippen MR) is 92.2 cm³/mol. The van der Waals surface area contributed by atoms with Gasteiger partial charge in [0.15, 0.2) is 0 Å². The maximum atomic E-state index is 11.9. The maximum Gasteiger partial charge on any atom is 0.407 e. The summed E-state index contributed by atoms with van der Waals surface area (Å²) in [6.45, 7) is 16.1. The van der Waals surface area contributed by atoms with Crippen LogP contribution in [0, 0.1) is 5.92 Å². The lowest BCUT2D eigenvalue weighted by Gasteiger charge is -2.35. The molecule has 0 aliphatic carbocycles. The van der Waals surface area contributed by atoms with Crippen molar-refractivity contribution in [3.63, 3.8) is 0 Å². The fraction of sp³-hybridized carbons (Fsp3) is 0.765. The van der Waals surface area contributed by atoms with Gasteiger partial charge in [-0.05, 0) is 40.5 Å². The molecular formula is C17H32N4O2. The van der Waals surface area contributed by atoms with Gasteiger partial charge in [0, 0.05) is 36.9 Å². The van der Waals surface area contributed by atoms with Gasteiger partial charge in [-0.2, -0.15) is 5.10 Å². The van der Waals surface area contributed by atoms with Crippen LogP contribution >= 0.6 is 0 Å². The van der Waals surface area contributed by atoms with Gasteiger partial charge >= 0.3 is 6.09 Å². The van der Waals surface area contributed by atoms with E-state index >= 15 is 0 Å². The summed E-state index contributed by atoms with van der Waals surface area (Å²) in [4.78, 5) is 11.9. The van der Waals surface area contributed by atoms with Crippen molar-refractivity contribution in [3.8, 4) is 0 Å². The van der Waals surface area contributed by atoms with Crippen LogP contribution in [0.25, 0.3) is 0 Å². The Balaban J connectivity index is 2.58. The molecule has 0 aromatic carbocycles. The van der Waals surface area contributed by atoms with Gasteiger partial charge in [-0.15, -0.1) is 0 Å². The lowest BCUT2D eigenvalue weighted by molar-refractivity contribution is 0.0503. The summed E-state index contributed by atoms with van der Waals surface area (Å²) >= 11 is 0. The number of nitrogens with one attached hydrogen (secondary N) is 2. The van der Waals surface area contributed by atoms with E-state index in [4.69, 9.17) is 4.74 Å². The van der Waals surface area contributed by atoms with Crippen molar-refractivity contribution >= 4 is 6.09 Å². The monoisotopic (exact) mass is 324 g/mol. The molecule has 2 N–H and O–H groups in total. The third-order valence-electron chi connectivity index (χ3n) is 3.98. The number of ether oxygens (including phenoxy) is 1. The van der Waals surface area contributed by atoms with Gasteiger partial charge in [0.25, 0.3) is 0 Å². The Morgan fingerprint density at radius 3 is 2.48 bits per heavy atom. The smallest absolute Gasteiger partial charge is 0.407 e. The third-order valence-corrected chi connectivity index (χ3v) is 3.98. The molecule has 6 nitrogen and oxygen atoms in total. The Kier molecular flexibility index (Phi) is 6.62. The Labute approximate surface area is 140 Å². The topological polar surface area (TPSA) is 68.2 Å². The molecule has 0 saturated carbocycles. The molecule has 0 spiro atoms. The van der Waals surface area contributed by atoms with Crippen LogP contribution in [0.1, 0.15) is 54.0 Å². The molecule has 6 heteroatoms. The van der Waals surface area contributed by atoms with Crippen LogP contribution in [-0.2, 0) is 17.8 Å². The SMILES string of the molecule is CCn1cc(CNC(C)(CNC(=O)OC(C)(C)C)C(C)C)cn1. The zero-order valence-electron chi connectivity index (χ0n) is 15.6. The molecule has 0 saturated heterocycles. The Bertz CT molecular complexity index is 505. The predicted octanol–water partition coefficient (Wildman–Crippen LogP) is 2.93. The van der Waals surface area contributed by atoms with E-state index in [1.54, 1.807) is 0 Å². The van der Waals surface area contributed by atoms with Gasteiger partial charge in [-0.25, -0.2) is 4.79 Å². The molecule has 132 valence electrons. The minimum absolute atomic E-state index is 0.231. The molecular weight excluding hydrogens is 292 g/mol. The zero-order chi connectivity index (χ0) is 17.7. The average molecular weight is 324 g/mol. The summed E-state index contributed by atoms with van der Waals surface area (Å²) in [5, 5.41) is 10.7. The number of aromatic nitrogens is 2. The highest BCUT2D eigenvalue weighted by Gasteiger charge is 2.29. The maximum absolute atomic E-state index is 11.9. The number of nitrogens with zero attached hydrogens (tertiary/aromatic N) is 2. The molecule has 0 radical (unpaired) electrons. The highest BCUT2D eigenvalue weighted by atomic mass is 16.6. The van der Waals surface area contributed by atoms with Crippen LogP contribution < -0.4 is 10.6 Å². The zero-order valence-corrected chi connectivity index (χ0v) is 15.6. The third kappa shape index (κ3) is 6.60. The summed E-state index contributed by atoms with van der Waals surface area (Å²) < 4.78 is 7.21. The summed E-state index contributed by atoms with van der Waals surface area (Å²) in [5.41, 5.74) is 0.419. The first-order valence-corrected chi connectivity index (χ1v) is 8.29. The van der Waals surface area contributed by atoms with Crippen LogP contribution in [0.3, 0.4) is 0 Å². The van der Waals surface area contributed by atoms with Crippen LogP contribution in [0.15, 0.2) is 12.4 Å². The van der Waals surface area contributed by atoms with E-state index in [9.17, 15) is 4.79 Å². The highest BCUT2D eigenvalue weighted by Crippen LogP contribution is 2.17. The van der Waals surface area contributed by atoms with Gasteiger partial charge in [-0.3, -0.25) is 4.68 Å². The normalized spacial score (nSPS) is 14.6. The molecule has 0 aliphatic rings. The van der Waals surface area contributed by atoms with E-state index in [0.717, 1.165) is 12.1 Å². The lowest BCUT2D eigenvalue weighted by Crippen LogP contribution is -2.55. The first kappa shape index (κ1) is 19.5. The van der Waals surface area contributed by atoms with E-state index in [1.807, 2.05) is 37.8 Å². The number of rotatable bonds is 7. The second-order valence-corrected chi connectivity index (χ2v) is 7.49. The summed E-state index contributed by atoms with van der Waals surface area (Å²) in [6.07, 6.45) is 3.53. The van der Waals surface area contributed by atoms with Crippen molar-refractivity contribution in [1.82, 2.24) is 20.4 Å². The largest absolute Gasteiger partial charge is 0.444 e. The van der Waals surface area contributed by atoms with Gasteiger partial charge in [-0.1, -0.05) is 13.8 Å². The van der Waals surface area contributed by atoms with Crippen molar-refractivity contribution in [2.45, 2.75) is 72.7 Å². The number of alkyl carbamates (subject to hydrolysis) is 1. The summed E-state index contributed by atoms with van der Waals surface area (Å²) in [5.74, 6) is 0.346.